The van der Waals surface area contributed by atoms with Gasteiger partial charge < -0.3 is 10.1 Å². The topological polar surface area (TPSA) is 21.3 Å². The standard InChI is InChI=1S/C14H29NO/c1-12(2)7-4-5-10-15-13-8-6-9-14(11-13)16-3/h12-15H,4-11H2,1-3H3. The molecule has 0 bridgehead atoms. The van der Waals surface area contributed by atoms with Crippen molar-refractivity contribution in [2.24, 2.45) is 5.92 Å². The second-order valence-electron chi connectivity index (χ2n) is 5.56. The molecule has 1 aliphatic rings. The van der Waals surface area contributed by atoms with Crippen LogP contribution in [0.1, 0.15) is 58.8 Å². The van der Waals surface area contributed by atoms with E-state index in [0.717, 1.165) is 5.92 Å². The lowest BCUT2D eigenvalue weighted by Crippen LogP contribution is -2.37. The number of ether oxygens (including phenoxy) is 1. The Hall–Kier alpha value is -0.0800. The number of nitrogens with one attached hydrogen (secondary N) is 1. The SMILES string of the molecule is COC1CCCC(NCCCCC(C)C)C1. The van der Waals surface area contributed by atoms with E-state index in [0.29, 0.717) is 12.1 Å². The molecule has 0 amide bonds. The van der Waals surface area contributed by atoms with Crippen LogP contribution in [-0.2, 0) is 4.74 Å². The van der Waals surface area contributed by atoms with Crippen molar-refractivity contribution in [1.29, 1.82) is 0 Å². The fraction of sp³-hybridized carbons (Fsp3) is 1.00. The minimum absolute atomic E-state index is 0.502. The van der Waals surface area contributed by atoms with Crippen LogP contribution in [0.2, 0.25) is 0 Å². The van der Waals surface area contributed by atoms with Gasteiger partial charge in [-0.25, -0.2) is 0 Å². The summed E-state index contributed by atoms with van der Waals surface area (Å²) < 4.78 is 5.44. The van der Waals surface area contributed by atoms with Gasteiger partial charge in [0.2, 0.25) is 0 Å². The zero-order valence-electron chi connectivity index (χ0n) is 11.3. The molecule has 0 aromatic heterocycles. The van der Waals surface area contributed by atoms with Crippen LogP contribution in [0.25, 0.3) is 0 Å². The quantitative estimate of drug-likeness (QED) is 0.673. The molecule has 2 atom stereocenters. The third-order valence-electron chi connectivity index (χ3n) is 3.60. The Morgan fingerprint density at radius 1 is 1.25 bits per heavy atom. The van der Waals surface area contributed by atoms with Crippen molar-refractivity contribution >= 4 is 0 Å². The first-order valence-corrected chi connectivity index (χ1v) is 6.98. The lowest BCUT2D eigenvalue weighted by Gasteiger charge is -2.29. The lowest BCUT2D eigenvalue weighted by atomic mass is 9.93. The minimum atomic E-state index is 0.502. The summed E-state index contributed by atoms with van der Waals surface area (Å²) in [5.74, 6) is 0.854. The maximum absolute atomic E-state index is 5.44. The fourth-order valence-electron chi connectivity index (χ4n) is 2.53. The predicted octanol–water partition coefficient (Wildman–Crippen LogP) is 3.36. The summed E-state index contributed by atoms with van der Waals surface area (Å²) in [6, 6.07) is 0.706. The van der Waals surface area contributed by atoms with E-state index in [4.69, 9.17) is 4.74 Å². The third-order valence-corrected chi connectivity index (χ3v) is 3.60. The van der Waals surface area contributed by atoms with Crippen LogP contribution in [0.3, 0.4) is 0 Å². The molecule has 1 aliphatic carbocycles. The average Bonchev–Trinajstić information content (AvgIpc) is 2.28. The summed E-state index contributed by atoms with van der Waals surface area (Å²) in [4.78, 5) is 0. The van der Waals surface area contributed by atoms with Crippen molar-refractivity contribution < 1.29 is 4.74 Å². The lowest BCUT2D eigenvalue weighted by molar-refractivity contribution is 0.0589. The molecule has 0 aromatic carbocycles. The van der Waals surface area contributed by atoms with Gasteiger partial charge in [0.15, 0.2) is 0 Å². The highest BCUT2D eigenvalue weighted by Crippen LogP contribution is 2.20. The fourth-order valence-corrected chi connectivity index (χ4v) is 2.53. The average molecular weight is 227 g/mol. The zero-order valence-corrected chi connectivity index (χ0v) is 11.3. The predicted molar refractivity (Wildman–Crippen MR) is 69.7 cm³/mol. The van der Waals surface area contributed by atoms with Crippen molar-refractivity contribution in [3.8, 4) is 0 Å². The molecule has 96 valence electrons. The summed E-state index contributed by atoms with van der Waals surface area (Å²) in [6.07, 6.45) is 9.68. The highest BCUT2D eigenvalue weighted by molar-refractivity contribution is 4.78. The first-order valence-electron chi connectivity index (χ1n) is 6.98. The number of methoxy groups -OCH3 is 1. The largest absolute Gasteiger partial charge is 0.381 e. The van der Waals surface area contributed by atoms with Crippen LogP contribution in [0.5, 0.6) is 0 Å². The van der Waals surface area contributed by atoms with Crippen LogP contribution in [0, 0.1) is 5.92 Å². The van der Waals surface area contributed by atoms with E-state index in [1.807, 2.05) is 7.11 Å². The Bertz CT molecular complexity index is 170. The summed E-state index contributed by atoms with van der Waals surface area (Å²) in [5.41, 5.74) is 0. The monoisotopic (exact) mass is 227 g/mol. The highest BCUT2D eigenvalue weighted by atomic mass is 16.5. The summed E-state index contributed by atoms with van der Waals surface area (Å²) in [5, 5.41) is 3.68. The minimum Gasteiger partial charge on any atom is -0.381 e. The van der Waals surface area contributed by atoms with Gasteiger partial charge in [-0.1, -0.05) is 26.7 Å². The van der Waals surface area contributed by atoms with Crippen molar-refractivity contribution in [3.05, 3.63) is 0 Å². The third kappa shape index (κ3) is 5.86. The molecule has 16 heavy (non-hydrogen) atoms. The van der Waals surface area contributed by atoms with Gasteiger partial charge in [0.1, 0.15) is 0 Å². The van der Waals surface area contributed by atoms with Gasteiger partial charge in [-0.05, 0) is 44.6 Å². The van der Waals surface area contributed by atoms with Gasteiger partial charge in [-0.3, -0.25) is 0 Å². The number of rotatable bonds is 7. The van der Waals surface area contributed by atoms with Crippen LogP contribution in [-0.4, -0.2) is 25.8 Å². The molecule has 0 saturated heterocycles. The smallest absolute Gasteiger partial charge is 0.0586 e. The second kappa shape index (κ2) is 8.08. The van der Waals surface area contributed by atoms with Crippen molar-refractivity contribution in [3.63, 3.8) is 0 Å². The Morgan fingerprint density at radius 2 is 2.06 bits per heavy atom. The van der Waals surface area contributed by atoms with E-state index in [1.54, 1.807) is 0 Å². The number of unbranched alkanes of at least 4 members (excludes halogenated alkanes) is 1. The molecule has 1 rings (SSSR count). The van der Waals surface area contributed by atoms with Crippen LogP contribution in [0.4, 0.5) is 0 Å². The molecular formula is C14H29NO. The maximum Gasteiger partial charge on any atom is 0.0586 e. The molecule has 1 fully saturated rings. The van der Waals surface area contributed by atoms with E-state index in [9.17, 15) is 0 Å². The van der Waals surface area contributed by atoms with E-state index in [2.05, 4.69) is 19.2 Å². The van der Waals surface area contributed by atoms with Gasteiger partial charge >= 0.3 is 0 Å². The number of hydrogen-bond acceptors (Lipinski definition) is 2. The van der Waals surface area contributed by atoms with E-state index in [-0.39, 0.29) is 0 Å². The first kappa shape index (κ1) is 14.0. The summed E-state index contributed by atoms with van der Waals surface area (Å²) in [7, 11) is 1.84. The molecule has 0 aliphatic heterocycles. The molecule has 0 aromatic rings. The van der Waals surface area contributed by atoms with Crippen LogP contribution >= 0.6 is 0 Å². The molecular weight excluding hydrogens is 198 g/mol. The Labute approximate surface area is 101 Å². The van der Waals surface area contributed by atoms with E-state index >= 15 is 0 Å². The van der Waals surface area contributed by atoms with Crippen LogP contribution in [0.15, 0.2) is 0 Å². The first-order chi connectivity index (χ1) is 7.72. The highest BCUT2D eigenvalue weighted by Gasteiger charge is 2.20. The Kier molecular flexibility index (Phi) is 7.06. The van der Waals surface area contributed by atoms with Crippen molar-refractivity contribution in [2.45, 2.75) is 70.9 Å². The van der Waals surface area contributed by atoms with Gasteiger partial charge in [-0.2, -0.15) is 0 Å². The zero-order chi connectivity index (χ0) is 11.8. The molecule has 0 heterocycles. The van der Waals surface area contributed by atoms with Gasteiger partial charge in [0.05, 0.1) is 6.10 Å². The van der Waals surface area contributed by atoms with Crippen molar-refractivity contribution in [1.82, 2.24) is 5.32 Å². The van der Waals surface area contributed by atoms with Gasteiger partial charge in [-0.15, -0.1) is 0 Å². The summed E-state index contributed by atoms with van der Waals surface area (Å²) >= 11 is 0. The molecule has 1 saturated carbocycles. The van der Waals surface area contributed by atoms with E-state index < -0.39 is 0 Å². The Balaban J connectivity index is 1.99. The molecule has 2 unspecified atom stereocenters. The molecule has 0 spiro atoms. The molecule has 1 N–H and O–H groups in total. The van der Waals surface area contributed by atoms with Gasteiger partial charge in [0, 0.05) is 13.2 Å². The molecule has 0 radical (unpaired) electrons. The van der Waals surface area contributed by atoms with Gasteiger partial charge in [0.25, 0.3) is 0 Å². The Morgan fingerprint density at radius 3 is 2.75 bits per heavy atom. The van der Waals surface area contributed by atoms with E-state index in [1.165, 1.54) is 51.5 Å². The summed E-state index contributed by atoms with van der Waals surface area (Å²) in [6.45, 7) is 5.79. The number of hydrogen-bond donors (Lipinski definition) is 1. The molecule has 2 heteroatoms. The van der Waals surface area contributed by atoms with Crippen LogP contribution < -0.4 is 5.32 Å². The maximum atomic E-state index is 5.44. The molecule has 2 nitrogen and oxygen atoms in total. The normalized spacial score (nSPS) is 26.2. The second-order valence-corrected chi connectivity index (χ2v) is 5.56. The van der Waals surface area contributed by atoms with Crippen molar-refractivity contribution in [2.75, 3.05) is 13.7 Å².